The molecule has 2 N–H and O–H groups in total. The van der Waals surface area contributed by atoms with Crippen LogP contribution in [0.25, 0.3) is 0 Å². The number of nitrogens with one attached hydrogen (secondary N) is 2. The van der Waals surface area contributed by atoms with Gasteiger partial charge in [0.15, 0.2) is 5.96 Å². The summed E-state index contributed by atoms with van der Waals surface area (Å²) in [6, 6.07) is 11.0. The number of para-hydroxylation sites is 1. The van der Waals surface area contributed by atoms with Gasteiger partial charge in [-0.05, 0) is 45.4 Å². The Kier molecular flexibility index (Phi) is 10.0. The van der Waals surface area contributed by atoms with Crippen molar-refractivity contribution in [1.82, 2.24) is 15.5 Å². The molecule has 1 unspecified atom stereocenters. The van der Waals surface area contributed by atoms with Crippen LogP contribution in [-0.2, 0) is 4.74 Å². The molecule has 1 heterocycles. The third-order valence-electron chi connectivity index (χ3n) is 4.79. The summed E-state index contributed by atoms with van der Waals surface area (Å²) < 4.78 is 5.17. The Balaban J connectivity index is 1.62. The van der Waals surface area contributed by atoms with E-state index in [1.165, 1.54) is 18.7 Å². The molecule has 0 bridgehead atoms. The van der Waals surface area contributed by atoms with Gasteiger partial charge in [0.05, 0.1) is 6.61 Å². The Morgan fingerprint density at radius 2 is 1.89 bits per heavy atom. The van der Waals surface area contributed by atoms with E-state index in [4.69, 9.17) is 4.74 Å². The van der Waals surface area contributed by atoms with E-state index in [1.54, 1.807) is 7.11 Å². The summed E-state index contributed by atoms with van der Waals surface area (Å²) in [4.78, 5) is 9.74. The smallest absolute Gasteiger partial charge is 0.191 e. The fourth-order valence-electron chi connectivity index (χ4n) is 3.35. The highest BCUT2D eigenvalue weighted by Gasteiger charge is 2.16. The largest absolute Gasteiger partial charge is 0.383 e. The molecule has 1 aliphatic heterocycles. The van der Waals surface area contributed by atoms with E-state index in [1.807, 2.05) is 0 Å². The fraction of sp³-hybridized carbons (Fsp3) is 0.667. The maximum Gasteiger partial charge on any atom is 0.191 e. The van der Waals surface area contributed by atoms with Crippen LogP contribution in [0.3, 0.4) is 0 Å². The zero-order valence-corrected chi connectivity index (χ0v) is 17.3. The van der Waals surface area contributed by atoms with E-state index in [-0.39, 0.29) is 6.04 Å². The molecule has 0 saturated carbocycles. The van der Waals surface area contributed by atoms with Crippen molar-refractivity contribution in [2.75, 3.05) is 64.4 Å². The molecule has 0 amide bonds. The lowest BCUT2D eigenvalue weighted by atomic mass is 10.2. The van der Waals surface area contributed by atoms with Gasteiger partial charge in [-0.1, -0.05) is 18.2 Å². The van der Waals surface area contributed by atoms with Gasteiger partial charge in [-0.2, -0.15) is 0 Å². The van der Waals surface area contributed by atoms with E-state index >= 15 is 0 Å². The summed E-state index contributed by atoms with van der Waals surface area (Å²) in [5.41, 5.74) is 1.35. The highest BCUT2D eigenvalue weighted by atomic mass is 16.5. The normalized spacial score (nSPS) is 17.0. The van der Waals surface area contributed by atoms with Gasteiger partial charge in [0.2, 0.25) is 0 Å². The molecule has 6 heteroatoms. The molecule has 0 spiro atoms. The van der Waals surface area contributed by atoms with Crippen molar-refractivity contribution in [3.63, 3.8) is 0 Å². The molecule has 0 aliphatic carbocycles. The second-order valence-electron chi connectivity index (χ2n) is 7.13. The van der Waals surface area contributed by atoms with Crippen molar-refractivity contribution in [2.45, 2.75) is 32.7 Å². The van der Waals surface area contributed by atoms with Crippen LogP contribution in [0.4, 0.5) is 5.69 Å². The number of guanidine groups is 1. The fourth-order valence-corrected chi connectivity index (χ4v) is 3.35. The number of ether oxygens (including phenoxy) is 1. The number of unbranched alkanes of at least 4 members (excludes halogenated alkanes) is 1. The van der Waals surface area contributed by atoms with Crippen LogP contribution in [0.5, 0.6) is 0 Å². The van der Waals surface area contributed by atoms with E-state index < -0.39 is 0 Å². The minimum absolute atomic E-state index is 0.258. The first-order valence-corrected chi connectivity index (χ1v) is 10.3. The SMILES string of the molecule is CCNC(=NCCCCN1CCN(c2ccccc2)CC1)NC(C)COC. The summed E-state index contributed by atoms with van der Waals surface area (Å²) in [6.07, 6.45) is 2.32. The van der Waals surface area contributed by atoms with Crippen molar-refractivity contribution in [1.29, 1.82) is 0 Å². The van der Waals surface area contributed by atoms with Crippen molar-refractivity contribution in [3.8, 4) is 0 Å². The van der Waals surface area contributed by atoms with Crippen LogP contribution in [0, 0.1) is 0 Å². The average molecular weight is 376 g/mol. The number of benzene rings is 1. The number of hydrogen-bond donors (Lipinski definition) is 2. The average Bonchev–Trinajstić information content (AvgIpc) is 2.69. The lowest BCUT2D eigenvalue weighted by molar-refractivity contribution is 0.179. The first kappa shape index (κ1) is 21.5. The molecule has 1 atom stereocenters. The predicted octanol–water partition coefficient (Wildman–Crippen LogP) is 2.18. The molecule has 0 radical (unpaired) electrons. The molecule has 1 aromatic rings. The van der Waals surface area contributed by atoms with Gasteiger partial charge in [0, 0.05) is 58.1 Å². The van der Waals surface area contributed by atoms with Gasteiger partial charge >= 0.3 is 0 Å². The van der Waals surface area contributed by atoms with Gasteiger partial charge in [0.1, 0.15) is 0 Å². The van der Waals surface area contributed by atoms with Crippen LogP contribution in [0.15, 0.2) is 35.3 Å². The van der Waals surface area contributed by atoms with E-state index in [2.05, 4.69) is 69.6 Å². The van der Waals surface area contributed by atoms with E-state index in [0.29, 0.717) is 6.61 Å². The van der Waals surface area contributed by atoms with Gasteiger partial charge in [-0.15, -0.1) is 0 Å². The molecule has 6 nitrogen and oxygen atoms in total. The minimum Gasteiger partial charge on any atom is -0.383 e. The molecule has 27 heavy (non-hydrogen) atoms. The highest BCUT2D eigenvalue weighted by molar-refractivity contribution is 5.80. The summed E-state index contributed by atoms with van der Waals surface area (Å²) in [5.74, 6) is 0.888. The van der Waals surface area contributed by atoms with Crippen LogP contribution >= 0.6 is 0 Å². The molecular formula is C21H37N5O. The molecule has 1 aliphatic rings. The number of rotatable bonds is 10. The minimum atomic E-state index is 0.258. The molecule has 1 aromatic carbocycles. The van der Waals surface area contributed by atoms with Crippen molar-refractivity contribution in [2.24, 2.45) is 4.99 Å². The maximum atomic E-state index is 5.17. The molecule has 0 aromatic heterocycles. The van der Waals surface area contributed by atoms with Crippen LogP contribution in [0.2, 0.25) is 0 Å². The standard InChI is InChI=1S/C21H37N5O/c1-4-22-21(24-19(2)18-27-3)23-12-8-9-13-25-14-16-26(17-15-25)20-10-6-5-7-11-20/h5-7,10-11,19H,4,8-9,12-18H2,1-3H3,(H2,22,23,24). The van der Waals surface area contributed by atoms with Gasteiger partial charge in [-0.25, -0.2) is 0 Å². The Labute approximate surface area is 165 Å². The number of anilines is 1. The zero-order valence-electron chi connectivity index (χ0n) is 17.3. The van der Waals surface area contributed by atoms with Gasteiger partial charge in [-0.3, -0.25) is 9.89 Å². The molecule has 2 rings (SSSR count). The number of piperazine rings is 1. The van der Waals surface area contributed by atoms with E-state index in [0.717, 1.165) is 51.6 Å². The Morgan fingerprint density at radius 3 is 2.56 bits per heavy atom. The van der Waals surface area contributed by atoms with Crippen molar-refractivity contribution in [3.05, 3.63) is 30.3 Å². The predicted molar refractivity (Wildman–Crippen MR) is 115 cm³/mol. The lowest BCUT2D eigenvalue weighted by Crippen LogP contribution is -2.46. The Morgan fingerprint density at radius 1 is 1.15 bits per heavy atom. The highest BCUT2D eigenvalue weighted by Crippen LogP contribution is 2.15. The summed E-state index contributed by atoms with van der Waals surface area (Å²) >= 11 is 0. The van der Waals surface area contributed by atoms with Gasteiger partial charge < -0.3 is 20.3 Å². The van der Waals surface area contributed by atoms with Crippen LogP contribution in [-0.4, -0.2) is 76.4 Å². The van der Waals surface area contributed by atoms with Gasteiger partial charge in [0.25, 0.3) is 0 Å². The molecule has 1 fully saturated rings. The van der Waals surface area contributed by atoms with Crippen molar-refractivity contribution < 1.29 is 4.74 Å². The first-order valence-electron chi connectivity index (χ1n) is 10.3. The summed E-state index contributed by atoms with van der Waals surface area (Å²) in [5, 5.41) is 6.68. The second-order valence-corrected chi connectivity index (χ2v) is 7.13. The summed E-state index contributed by atoms with van der Waals surface area (Å²) in [6.45, 7) is 12.3. The van der Waals surface area contributed by atoms with Crippen LogP contribution < -0.4 is 15.5 Å². The third-order valence-corrected chi connectivity index (χ3v) is 4.79. The monoisotopic (exact) mass is 375 g/mol. The third kappa shape index (κ3) is 8.18. The second kappa shape index (κ2) is 12.6. The number of aliphatic imine (C=N–C) groups is 1. The summed E-state index contributed by atoms with van der Waals surface area (Å²) in [7, 11) is 1.72. The zero-order chi connectivity index (χ0) is 19.3. The van der Waals surface area contributed by atoms with Crippen molar-refractivity contribution >= 4 is 11.6 Å². The molecule has 152 valence electrons. The maximum absolute atomic E-state index is 5.17. The Hall–Kier alpha value is -1.79. The molecular weight excluding hydrogens is 338 g/mol. The number of hydrogen-bond acceptors (Lipinski definition) is 4. The quantitative estimate of drug-likeness (QED) is 0.373. The number of methoxy groups -OCH3 is 1. The molecule has 1 saturated heterocycles. The first-order chi connectivity index (χ1) is 13.2. The Bertz CT molecular complexity index is 529. The lowest BCUT2D eigenvalue weighted by Gasteiger charge is -2.36. The van der Waals surface area contributed by atoms with Crippen LogP contribution in [0.1, 0.15) is 26.7 Å². The van der Waals surface area contributed by atoms with E-state index in [9.17, 15) is 0 Å². The number of nitrogens with zero attached hydrogens (tertiary/aromatic N) is 3. The topological polar surface area (TPSA) is 52.1 Å².